The van der Waals surface area contributed by atoms with Gasteiger partial charge in [-0.05, 0) is 63.0 Å². The molecule has 2 N–H and O–H groups in total. The molecule has 168 valence electrons. The molecule has 2 heterocycles. The Balaban J connectivity index is 1.72. The maximum absolute atomic E-state index is 13.4. The highest BCUT2D eigenvalue weighted by Gasteiger charge is 2.27. The second-order valence-electron chi connectivity index (χ2n) is 8.20. The molecule has 1 amide bonds. The van der Waals surface area contributed by atoms with Gasteiger partial charge in [0.25, 0.3) is 5.91 Å². The molecule has 4 rings (SSSR count). The molecule has 0 spiro atoms. The predicted octanol–water partition coefficient (Wildman–Crippen LogP) is 4.23. The van der Waals surface area contributed by atoms with E-state index in [4.69, 9.17) is 9.47 Å². The van der Waals surface area contributed by atoms with Gasteiger partial charge in [0.2, 0.25) is 0 Å². The number of anilines is 1. The third-order valence-corrected chi connectivity index (χ3v) is 6.12. The summed E-state index contributed by atoms with van der Waals surface area (Å²) in [6.45, 7) is 6.04. The van der Waals surface area contributed by atoms with Crippen molar-refractivity contribution in [2.75, 3.05) is 32.6 Å². The third kappa shape index (κ3) is 4.48. The minimum atomic E-state index is -0.191. The van der Waals surface area contributed by atoms with Crippen LogP contribution in [0.15, 0.2) is 42.6 Å². The van der Waals surface area contributed by atoms with Crippen molar-refractivity contribution in [1.29, 1.82) is 0 Å². The van der Waals surface area contributed by atoms with Crippen LogP contribution in [0, 0.1) is 13.8 Å². The quantitative estimate of drug-likeness (QED) is 0.607. The molecule has 0 atom stereocenters. The number of hydrogen-bond donors (Lipinski definition) is 2. The van der Waals surface area contributed by atoms with Crippen molar-refractivity contribution in [2.24, 2.45) is 0 Å². The van der Waals surface area contributed by atoms with E-state index in [-0.39, 0.29) is 11.8 Å². The van der Waals surface area contributed by atoms with Crippen LogP contribution in [0.4, 0.5) is 5.69 Å². The Morgan fingerprint density at radius 1 is 1.03 bits per heavy atom. The van der Waals surface area contributed by atoms with E-state index in [0.29, 0.717) is 22.7 Å². The van der Waals surface area contributed by atoms with Gasteiger partial charge in [-0.1, -0.05) is 6.07 Å². The van der Waals surface area contributed by atoms with Crippen molar-refractivity contribution < 1.29 is 14.3 Å². The number of aryl methyl sites for hydroxylation is 2. The second kappa shape index (κ2) is 9.44. The summed E-state index contributed by atoms with van der Waals surface area (Å²) in [5.41, 5.74) is 5.57. The maximum Gasteiger partial charge on any atom is 0.259 e. The van der Waals surface area contributed by atoms with Gasteiger partial charge in [0.1, 0.15) is 11.5 Å². The molecule has 1 aliphatic heterocycles. The van der Waals surface area contributed by atoms with Gasteiger partial charge in [0.05, 0.1) is 37.4 Å². The Kier molecular flexibility index (Phi) is 6.46. The number of ether oxygens (including phenoxy) is 2. The van der Waals surface area contributed by atoms with Crippen LogP contribution in [-0.4, -0.2) is 43.0 Å². The van der Waals surface area contributed by atoms with Gasteiger partial charge in [0.15, 0.2) is 0 Å². The van der Waals surface area contributed by atoms with Crippen molar-refractivity contribution in [3.05, 3.63) is 65.0 Å². The predicted molar refractivity (Wildman–Crippen MR) is 125 cm³/mol. The highest BCUT2D eigenvalue weighted by Crippen LogP contribution is 2.32. The molecular weight excluding hydrogens is 404 g/mol. The molecule has 0 unspecified atom stereocenters. The Hall–Kier alpha value is -3.32. The zero-order chi connectivity index (χ0) is 22.7. The first-order chi connectivity index (χ1) is 15.5. The second-order valence-corrected chi connectivity index (χ2v) is 8.20. The van der Waals surface area contributed by atoms with Gasteiger partial charge < -0.3 is 20.1 Å². The zero-order valence-corrected chi connectivity index (χ0v) is 19.1. The lowest BCUT2D eigenvalue weighted by Crippen LogP contribution is -2.29. The molecule has 7 heteroatoms. The van der Waals surface area contributed by atoms with Gasteiger partial charge in [0, 0.05) is 29.8 Å². The first kappa shape index (κ1) is 21.9. The summed E-state index contributed by atoms with van der Waals surface area (Å²) < 4.78 is 12.6. The summed E-state index contributed by atoms with van der Waals surface area (Å²) in [6.07, 6.45) is 3.60. The Labute approximate surface area is 188 Å². The van der Waals surface area contributed by atoms with E-state index in [2.05, 4.69) is 47.8 Å². The van der Waals surface area contributed by atoms with E-state index in [1.54, 1.807) is 38.6 Å². The fraction of sp³-hybridized carbons (Fsp3) is 0.360. The number of nitrogens with zero attached hydrogens (tertiary/aromatic N) is 2. The molecule has 1 fully saturated rings. The summed E-state index contributed by atoms with van der Waals surface area (Å²) in [6, 6.07) is 11.6. The zero-order valence-electron chi connectivity index (χ0n) is 19.1. The lowest BCUT2D eigenvalue weighted by molar-refractivity contribution is 0.102. The van der Waals surface area contributed by atoms with Crippen molar-refractivity contribution in [2.45, 2.75) is 32.6 Å². The molecule has 3 aromatic rings. The first-order valence-electron chi connectivity index (χ1n) is 10.9. The Bertz CT molecular complexity index is 1090. The Morgan fingerprint density at radius 2 is 1.72 bits per heavy atom. The molecule has 7 nitrogen and oxygen atoms in total. The number of amides is 1. The van der Waals surface area contributed by atoms with E-state index in [1.807, 2.05) is 4.68 Å². The molecule has 0 aliphatic carbocycles. The molecule has 2 aromatic carbocycles. The minimum Gasteiger partial charge on any atom is -0.497 e. The molecule has 1 saturated heterocycles. The van der Waals surface area contributed by atoms with Gasteiger partial charge in [-0.15, -0.1) is 0 Å². The van der Waals surface area contributed by atoms with Crippen LogP contribution in [0.25, 0.3) is 5.69 Å². The fourth-order valence-electron chi connectivity index (χ4n) is 4.16. The molecule has 0 radical (unpaired) electrons. The third-order valence-electron chi connectivity index (χ3n) is 6.12. The molecule has 32 heavy (non-hydrogen) atoms. The highest BCUT2D eigenvalue weighted by atomic mass is 16.5. The number of aromatic nitrogens is 2. The smallest absolute Gasteiger partial charge is 0.259 e. The normalized spacial score (nSPS) is 14.2. The van der Waals surface area contributed by atoms with Crippen LogP contribution in [0.5, 0.6) is 11.5 Å². The first-order valence-corrected chi connectivity index (χ1v) is 10.9. The van der Waals surface area contributed by atoms with Crippen LogP contribution in [0.1, 0.15) is 45.9 Å². The average Bonchev–Trinajstić information content (AvgIpc) is 3.26. The van der Waals surface area contributed by atoms with Crippen LogP contribution in [0.2, 0.25) is 0 Å². The van der Waals surface area contributed by atoms with Crippen LogP contribution in [-0.2, 0) is 0 Å². The van der Waals surface area contributed by atoms with Crippen molar-refractivity contribution >= 4 is 11.6 Å². The van der Waals surface area contributed by atoms with Gasteiger partial charge in [-0.2, -0.15) is 5.10 Å². The number of hydrogen-bond acceptors (Lipinski definition) is 5. The summed E-state index contributed by atoms with van der Waals surface area (Å²) in [4.78, 5) is 13.4. The van der Waals surface area contributed by atoms with Gasteiger partial charge in [-0.3, -0.25) is 4.79 Å². The summed E-state index contributed by atoms with van der Waals surface area (Å²) in [5.74, 6) is 1.29. The lowest BCUT2D eigenvalue weighted by Gasteiger charge is -2.25. The number of nitrogens with one attached hydrogen (secondary N) is 2. The number of piperidine rings is 1. The molecule has 0 saturated carbocycles. The Morgan fingerprint density at radius 3 is 2.34 bits per heavy atom. The largest absolute Gasteiger partial charge is 0.497 e. The summed E-state index contributed by atoms with van der Waals surface area (Å²) >= 11 is 0. The van der Waals surface area contributed by atoms with Crippen molar-refractivity contribution in [3.8, 4) is 17.2 Å². The van der Waals surface area contributed by atoms with Crippen molar-refractivity contribution in [3.63, 3.8) is 0 Å². The molecule has 0 bridgehead atoms. The van der Waals surface area contributed by atoms with E-state index in [0.717, 1.165) is 37.3 Å². The molecule has 1 aromatic heterocycles. The standard InChI is InChI=1S/C25H30N4O3/c1-16-5-6-20(11-17(16)2)29-24(18-7-9-26-10-8-18)23(15-27-29)25(30)28-19-12-21(31-3)14-22(13-19)32-4/h5-6,11-15,18,26H,7-10H2,1-4H3,(H,28,30). The molecule has 1 aliphatic rings. The van der Waals surface area contributed by atoms with E-state index in [9.17, 15) is 4.79 Å². The van der Waals surface area contributed by atoms with E-state index >= 15 is 0 Å². The number of benzene rings is 2. The average molecular weight is 435 g/mol. The van der Waals surface area contributed by atoms with Crippen LogP contribution < -0.4 is 20.1 Å². The van der Waals surface area contributed by atoms with E-state index in [1.165, 1.54) is 11.1 Å². The van der Waals surface area contributed by atoms with Crippen LogP contribution >= 0.6 is 0 Å². The molecular formula is C25H30N4O3. The minimum absolute atomic E-state index is 0.191. The number of rotatable bonds is 6. The van der Waals surface area contributed by atoms with Gasteiger partial charge in [-0.25, -0.2) is 4.68 Å². The van der Waals surface area contributed by atoms with Gasteiger partial charge >= 0.3 is 0 Å². The summed E-state index contributed by atoms with van der Waals surface area (Å²) in [5, 5.41) is 11.1. The number of methoxy groups -OCH3 is 2. The van der Waals surface area contributed by atoms with Crippen LogP contribution in [0.3, 0.4) is 0 Å². The lowest BCUT2D eigenvalue weighted by atomic mass is 9.91. The topological polar surface area (TPSA) is 77.4 Å². The highest BCUT2D eigenvalue weighted by molar-refractivity contribution is 6.05. The number of carbonyl (C=O) groups excluding carboxylic acids is 1. The fourth-order valence-corrected chi connectivity index (χ4v) is 4.16. The van der Waals surface area contributed by atoms with Crippen molar-refractivity contribution in [1.82, 2.24) is 15.1 Å². The monoisotopic (exact) mass is 434 g/mol. The number of carbonyl (C=O) groups is 1. The SMILES string of the molecule is COc1cc(NC(=O)c2cnn(-c3ccc(C)c(C)c3)c2C2CCNCC2)cc(OC)c1. The summed E-state index contributed by atoms with van der Waals surface area (Å²) in [7, 11) is 3.17. The van der Waals surface area contributed by atoms with E-state index < -0.39 is 0 Å². The maximum atomic E-state index is 13.4.